The number of sulfonamides is 1. The van der Waals surface area contributed by atoms with Crippen molar-refractivity contribution in [3.8, 4) is 0 Å². The van der Waals surface area contributed by atoms with Crippen LogP contribution in [0.3, 0.4) is 0 Å². The van der Waals surface area contributed by atoms with E-state index in [0.29, 0.717) is 33.4 Å². The largest absolute Gasteiger partial charge is 0.354 e. The second-order valence-corrected chi connectivity index (χ2v) is 12.5. The minimum absolute atomic E-state index is 0.0131. The van der Waals surface area contributed by atoms with Gasteiger partial charge in [-0.1, -0.05) is 66.0 Å². The van der Waals surface area contributed by atoms with Gasteiger partial charge in [0.2, 0.25) is 11.8 Å². The first-order valence-electron chi connectivity index (χ1n) is 13.0. The van der Waals surface area contributed by atoms with Gasteiger partial charge in [0.1, 0.15) is 12.6 Å². The molecule has 0 saturated carbocycles. The molecule has 3 aromatic rings. The zero-order chi connectivity index (χ0) is 29.6. The van der Waals surface area contributed by atoms with Gasteiger partial charge in [0, 0.05) is 23.1 Å². The number of amides is 2. The lowest BCUT2D eigenvalue weighted by molar-refractivity contribution is -0.139. The van der Waals surface area contributed by atoms with Crippen molar-refractivity contribution in [1.29, 1.82) is 0 Å². The molecule has 214 valence electrons. The average Bonchev–Trinajstić information content (AvgIpc) is 2.91. The summed E-state index contributed by atoms with van der Waals surface area (Å²) in [7, 11) is -4.14. The number of rotatable bonds is 11. The third kappa shape index (κ3) is 7.56. The SMILES string of the molecule is CCCNC(=O)[C@H](C)N(Cc1ccc(Cl)cc1Cl)C(=O)CN(c1cc(C)ccc1C)S(=O)(=O)c1ccc(C)cc1. The van der Waals surface area contributed by atoms with Gasteiger partial charge in [0.25, 0.3) is 10.0 Å². The first kappa shape index (κ1) is 31.5. The second-order valence-electron chi connectivity index (χ2n) is 9.84. The van der Waals surface area contributed by atoms with Crippen molar-refractivity contribution in [3.63, 3.8) is 0 Å². The normalized spacial score (nSPS) is 12.1. The van der Waals surface area contributed by atoms with Crippen molar-refractivity contribution >= 4 is 50.7 Å². The number of nitrogens with one attached hydrogen (secondary N) is 1. The molecule has 3 aromatic carbocycles. The molecule has 40 heavy (non-hydrogen) atoms. The summed E-state index contributed by atoms with van der Waals surface area (Å²) in [5.74, 6) is -0.901. The molecule has 0 aromatic heterocycles. The Kier molecular flexibility index (Phi) is 10.6. The van der Waals surface area contributed by atoms with Crippen LogP contribution < -0.4 is 9.62 Å². The van der Waals surface area contributed by atoms with E-state index in [-0.39, 0.29) is 17.3 Å². The van der Waals surface area contributed by atoms with Crippen molar-refractivity contribution in [3.05, 3.63) is 93.0 Å². The smallest absolute Gasteiger partial charge is 0.264 e. The Morgan fingerprint density at radius 3 is 2.20 bits per heavy atom. The third-order valence-corrected chi connectivity index (χ3v) is 8.95. The first-order chi connectivity index (χ1) is 18.8. The van der Waals surface area contributed by atoms with E-state index in [4.69, 9.17) is 23.2 Å². The Morgan fingerprint density at radius 2 is 1.57 bits per heavy atom. The summed E-state index contributed by atoms with van der Waals surface area (Å²) in [5, 5.41) is 3.60. The maximum absolute atomic E-state index is 14.0. The molecule has 0 unspecified atom stereocenters. The Labute approximate surface area is 247 Å². The molecule has 1 atom stereocenters. The number of anilines is 1. The zero-order valence-electron chi connectivity index (χ0n) is 23.4. The summed E-state index contributed by atoms with van der Waals surface area (Å²) >= 11 is 12.5. The quantitative estimate of drug-likeness (QED) is 0.289. The summed E-state index contributed by atoms with van der Waals surface area (Å²) < 4.78 is 29.1. The maximum atomic E-state index is 14.0. The molecule has 0 radical (unpaired) electrons. The Hall–Kier alpha value is -3.07. The fourth-order valence-electron chi connectivity index (χ4n) is 4.15. The minimum Gasteiger partial charge on any atom is -0.354 e. The number of hydrogen-bond acceptors (Lipinski definition) is 4. The predicted octanol–water partition coefficient (Wildman–Crippen LogP) is 6.06. The van der Waals surface area contributed by atoms with Gasteiger partial charge in [-0.2, -0.15) is 0 Å². The topological polar surface area (TPSA) is 86.8 Å². The number of halogens is 2. The highest BCUT2D eigenvalue weighted by atomic mass is 35.5. The lowest BCUT2D eigenvalue weighted by Crippen LogP contribution is -2.51. The van der Waals surface area contributed by atoms with Gasteiger partial charge < -0.3 is 10.2 Å². The van der Waals surface area contributed by atoms with Gasteiger partial charge in [0.05, 0.1) is 10.6 Å². The molecular weight excluding hydrogens is 569 g/mol. The lowest BCUT2D eigenvalue weighted by Gasteiger charge is -2.32. The fourth-order valence-corrected chi connectivity index (χ4v) is 6.09. The third-order valence-electron chi connectivity index (χ3n) is 6.59. The molecule has 0 fully saturated rings. The van der Waals surface area contributed by atoms with Gasteiger partial charge in [0.15, 0.2) is 0 Å². The summed E-state index contributed by atoms with van der Waals surface area (Å²) in [6, 6.07) is 15.9. The number of benzene rings is 3. The van der Waals surface area contributed by atoms with Gasteiger partial charge in [-0.3, -0.25) is 13.9 Å². The van der Waals surface area contributed by atoms with E-state index in [1.54, 1.807) is 50.2 Å². The number of aryl methyl sites for hydroxylation is 3. The van der Waals surface area contributed by atoms with Crippen LogP contribution in [-0.2, 0) is 26.2 Å². The van der Waals surface area contributed by atoms with E-state index >= 15 is 0 Å². The van der Waals surface area contributed by atoms with Crippen LogP contribution in [-0.4, -0.2) is 44.3 Å². The molecule has 0 heterocycles. The van der Waals surface area contributed by atoms with E-state index in [9.17, 15) is 18.0 Å². The van der Waals surface area contributed by atoms with Gasteiger partial charge >= 0.3 is 0 Å². The summed E-state index contributed by atoms with van der Waals surface area (Å²) in [6.07, 6.45) is 0.727. The molecule has 3 rings (SSSR count). The van der Waals surface area contributed by atoms with Gasteiger partial charge in [-0.15, -0.1) is 0 Å². The van der Waals surface area contributed by atoms with E-state index in [1.165, 1.54) is 17.0 Å². The van der Waals surface area contributed by atoms with Crippen LogP contribution in [0.1, 0.15) is 42.5 Å². The summed E-state index contributed by atoms with van der Waals surface area (Å²) in [6.45, 7) is 8.98. The average molecular weight is 605 g/mol. The van der Waals surface area contributed by atoms with Crippen molar-refractivity contribution < 1.29 is 18.0 Å². The Bertz CT molecular complexity index is 1480. The summed E-state index contributed by atoms with van der Waals surface area (Å²) in [5.41, 5.74) is 3.41. The van der Waals surface area contributed by atoms with Crippen molar-refractivity contribution in [2.75, 3.05) is 17.4 Å². The standard InChI is InChI=1S/C30H35Cl2N3O4S/c1-6-15-33-30(37)23(5)34(18-24-11-12-25(31)17-27(24)32)29(36)19-35(28-16-21(3)7-10-22(28)4)40(38,39)26-13-8-20(2)9-14-26/h7-14,16-17,23H,6,15,18-19H2,1-5H3,(H,33,37)/t23-/m0/s1. The van der Waals surface area contributed by atoms with Crippen molar-refractivity contribution in [1.82, 2.24) is 10.2 Å². The number of hydrogen-bond donors (Lipinski definition) is 1. The highest BCUT2D eigenvalue weighted by molar-refractivity contribution is 7.92. The van der Waals surface area contributed by atoms with Gasteiger partial charge in [-0.05, 0) is 81.1 Å². The van der Waals surface area contributed by atoms with Crippen LogP contribution in [0.4, 0.5) is 5.69 Å². The van der Waals surface area contributed by atoms with Crippen LogP contribution in [0.25, 0.3) is 0 Å². The monoisotopic (exact) mass is 603 g/mol. The van der Waals surface area contributed by atoms with Crippen LogP contribution in [0, 0.1) is 20.8 Å². The molecule has 0 aliphatic heterocycles. The zero-order valence-corrected chi connectivity index (χ0v) is 25.7. The molecule has 1 N–H and O–H groups in total. The summed E-state index contributed by atoms with van der Waals surface area (Å²) in [4.78, 5) is 28.4. The molecule has 7 nitrogen and oxygen atoms in total. The molecule has 0 aliphatic carbocycles. The predicted molar refractivity (Wildman–Crippen MR) is 161 cm³/mol. The highest BCUT2D eigenvalue weighted by Crippen LogP contribution is 2.29. The minimum atomic E-state index is -4.14. The molecule has 0 bridgehead atoms. The van der Waals surface area contributed by atoms with Crippen LogP contribution in [0.15, 0.2) is 65.6 Å². The van der Waals surface area contributed by atoms with E-state index in [0.717, 1.165) is 21.9 Å². The molecule has 0 spiro atoms. The fraction of sp³-hybridized carbons (Fsp3) is 0.333. The number of nitrogens with zero attached hydrogens (tertiary/aromatic N) is 2. The van der Waals surface area contributed by atoms with Crippen LogP contribution in [0.2, 0.25) is 10.0 Å². The van der Waals surface area contributed by atoms with Gasteiger partial charge in [-0.25, -0.2) is 8.42 Å². The second kappa shape index (κ2) is 13.5. The number of carbonyl (C=O) groups excluding carboxylic acids is 2. The van der Waals surface area contributed by atoms with E-state index in [2.05, 4.69) is 5.32 Å². The Morgan fingerprint density at radius 1 is 0.925 bits per heavy atom. The van der Waals surface area contributed by atoms with Crippen molar-refractivity contribution in [2.24, 2.45) is 0 Å². The maximum Gasteiger partial charge on any atom is 0.264 e. The molecule has 2 amide bonds. The lowest BCUT2D eigenvalue weighted by atomic mass is 10.1. The molecule has 0 saturated heterocycles. The number of carbonyl (C=O) groups is 2. The Balaban J connectivity index is 2.08. The van der Waals surface area contributed by atoms with Crippen LogP contribution >= 0.6 is 23.2 Å². The highest BCUT2D eigenvalue weighted by Gasteiger charge is 2.33. The first-order valence-corrected chi connectivity index (χ1v) is 15.2. The van der Waals surface area contributed by atoms with Crippen LogP contribution in [0.5, 0.6) is 0 Å². The van der Waals surface area contributed by atoms with E-state index in [1.807, 2.05) is 32.9 Å². The molecular formula is C30H35Cl2N3O4S. The van der Waals surface area contributed by atoms with Crippen molar-refractivity contribution in [2.45, 2.75) is 58.5 Å². The molecule has 10 heteroatoms. The van der Waals surface area contributed by atoms with E-state index < -0.39 is 28.5 Å². The molecule has 0 aliphatic rings.